The van der Waals surface area contributed by atoms with Gasteiger partial charge in [0.1, 0.15) is 0 Å². The Labute approximate surface area is 120 Å². The smallest absolute Gasteiger partial charge is 0.216 e. The van der Waals surface area contributed by atoms with Crippen LogP contribution in [0.25, 0.3) is 0 Å². The van der Waals surface area contributed by atoms with Crippen molar-refractivity contribution in [3.05, 3.63) is 0 Å². The molecule has 0 aromatic carbocycles. The fourth-order valence-corrected chi connectivity index (χ4v) is 4.11. The van der Waals surface area contributed by atoms with E-state index in [4.69, 9.17) is 4.74 Å². The molecule has 0 spiro atoms. The Bertz CT molecular complexity index is 302. The van der Waals surface area contributed by atoms with Gasteiger partial charge in [0, 0.05) is 17.9 Å². The number of nitrogens with zero attached hydrogens (tertiary/aromatic N) is 1. The zero-order chi connectivity index (χ0) is 14.2. The summed E-state index contributed by atoms with van der Waals surface area (Å²) in [7, 11) is -3.23. The largest absolute Gasteiger partial charge is 0.378 e. The van der Waals surface area contributed by atoms with Crippen LogP contribution in [0.1, 0.15) is 40.5 Å². The van der Waals surface area contributed by atoms with Gasteiger partial charge in [-0.25, -0.2) is 8.42 Å². The summed E-state index contributed by atoms with van der Waals surface area (Å²) in [5, 5.41) is 0.660. The minimum atomic E-state index is -3.23. The van der Waals surface area contributed by atoms with Gasteiger partial charge >= 0.3 is 0 Å². The lowest BCUT2D eigenvalue weighted by Gasteiger charge is -2.29. The average Bonchev–Trinajstić information content (AvgIpc) is 2.28. The quantitative estimate of drug-likeness (QED) is 0.573. The van der Waals surface area contributed by atoms with Gasteiger partial charge in [-0.1, -0.05) is 29.8 Å². The summed E-state index contributed by atoms with van der Waals surface area (Å²) >= 11 is 3.32. The molecule has 110 valence electrons. The van der Waals surface area contributed by atoms with Gasteiger partial charge in [0.05, 0.1) is 18.5 Å². The molecular weight excluding hydrogens is 318 g/mol. The van der Waals surface area contributed by atoms with Crippen molar-refractivity contribution >= 4 is 26.0 Å². The van der Waals surface area contributed by atoms with Gasteiger partial charge in [-0.3, -0.25) is 0 Å². The van der Waals surface area contributed by atoms with Crippen molar-refractivity contribution in [3.8, 4) is 0 Å². The SMILES string of the molecule is CCC(CC)N(CCBr)S(=O)(=O)CCOC(C)C. The third-order valence-electron chi connectivity index (χ3n) is 2.80. The predicted octanol–water partition coefficient (Wildman–Crippen LogP) is 2.63. The number of hydrogen-bond donors (Lipinski definition) is 0. The Morgan fingerprint density at radius 3 is 2.17 bits per heavy atom. The van der Waals surface area contributed by atoms with Crippen molar-refractivity contribution in [2.75, 3.05) is 24.2 Å². The summed E-state index contributed by atoms with van der Waals surface area (Å²) in [4.78, 5) is 0. The van der Waals surface area contributed by atoms with Gasteiger partial charge in [0.25, 0.3) is 0 Å². The summed E-state index contributed by atoms with van der Waals surface area (Å²) in [6, 6.07) is 0.0894. The van der Waals surface area contributed by atoms with Crippen molar-refractivity contribution in [1.29, 1.82) is 0 Å². The second-order valence-electron chi connectivity index (χ2n) is 4.51. The van der Waals surface area contributed by atoms with Crippen LogP contribution in [0.15, 0.2) is 0 Å². The van der Waals surface area contributed by atoms with E-state index in [9.17, 15) is 8.42 Å². The lowest BCUT2D eigenvalue weighted by molar-refractivity contribution is 0.0905. The Balaban J connectivity index is 4.65. The Kier molecular flexibility index (Phi) is 9.47. The maximum absolute atomic E-state index is 12.3. The van der Waals surface area contributed by atoms with Crippen molar-refractivity contribution < 1.29 is 13.2 Å². The maximum atomic E-state index is 12.3. The average molecular weight is 344 g/mol. The second kappa shape index (κ2) is 9.28. The number of rotatable bonds is 10. The van der Waals surface area contributed by atoms with E-state index < -0.39 is 10.0 Å². The molecule has 0 bridgehead atoms. The molecule has 0 aliphatic carbocycles. The summed E-state index contributed by atoms with van der Waals surface area (Å²) < 4.78 is 31.5. The first-order valence-electron chi connectivity index (χ1n) is 6.56. The molecule has 0 aromatic rings. The molecular formula is C12H26BrNO3S. The number of hydrogen-bond acceptors (Lipinski definition) is 3. The predicted molar refractivity (Wildman–Crippen MR) is 79.7 cm³/mol. The Morgan fingerprint density at radius 2 is 1.78 bits per heavy atom. The fraction of sp³-hybridized carbons (Fsp3) is 1.00. The molecule has 4 nitrogen and oxygen atoms in total. The summed E-state index contributed by atoms with van der Waals surface area (Å²) in [6.07, 6.45) is 1.75. The first-order valence-corrected chi connectivity index (χ1v) is 9.29. The molecule has 18 heavy (non-hydrogen) atoms. The van der Waals surface area contributed by atoms with Crippen molar-refractivity contribution in [3.63, 3.8) is 0 Å². The molecule has 0 N–H and O–H groups in total. The molecule has 0 fully saturated rings. The van der Waals surface area contributed by atoms with Gasteiger partial charge in [-0.2, -0.15) is 4.31 Å². The molecule has 6 heteroatoms. The standard InChI is InChI=1S/C12H26BrNO3S/c1-5-12(6-2)14(8-7-13)18(15,16)10-9-17-11(3)4/h11-12H,5-10H2,1-4H3. The lowest BCUT2D eigenvalue weighted by Crippen LogP contribution is -2.43. The Morgan fingerprint density at radius 1 is 1.22 bits per heavy atom. The van der Waals surface area contributed by atoms with E-state index in [1.807, 2.05) is 27.7 Å². The molecule has 0 atom stereocenters. The van der Waals surface area contributed by atoms with Gasteiger partial charge in [-0.15, -0.1) is 0 Å². The van der Waals surface area contributed by atoms with Gasteiger partial charge < -0.3 is 4.74 Å². The number of sulfonamides is 1. The molecule has 0 saturated carbocycles. The highest BCUT2D eigenvalue weighted by atomic mass is 79.9. The van der Waals surface area contributed by atoms with E-state index in [-0.39, 0.29) is 24.5 Å². The first-order chi connectivity index (χ1) is 8.38. The summed E-state index contributed by atoms with van der Waals surface area (Å²) in [6.45, 7) is 8.65. The molecule has 0 unspecified atom stereocenters. The van der Waals surface area contributed by atoms with Crippen molar-refractivity contribution in [2.45, 2.75) is 52.7 Å². The molecule has 0 aromatic heterocycles. The zero-order valence-electron chi connectivity index (χ0n) is 11.9. The van der Waals surface area contributed by atoms with E-state index in [0.717, 1.165) is 12.8 Å². The molecule has 0 saturated heterocycles. The summed E-state index contributed by atoms with van der Waals surface area (Å²) in [5.74, 6) is 0.0642. The van der Waals surface area contributed by atoms with Crippen LogP contribution in [0.3, 0.4) is 0 Å². The monoisotopic (exact) mass is 343 g/mol. The van der Waals surface area contributed by atoms with Crippen LogP contribution in [0.2, 0.25) is 0 Å². The van der Waals surface area contributed by atoms with Crippen LogP contribution in [-0.4, -0.2) is 49.1 Å². The molecule has 0 heterocycles. The second-order valence-corrected chi connectivity index (χ2v) is 7.34. The number of halogens is 1. The number of alkyl halides is 1. The minimum Gasteiger partial charge on any atom is -0.378 e. The van der Waals surface area contributed by atoms with E-state index >= 15 is 0 Å². The maximum Gasteiger partial charge on any atom is 0.216 e. The van der Waals surface area contributed by atoms with Crippen LogP contribution in [0.4, 0.5) is 0 Å². The fourth-order valence-electron chi connectivity index (χ4n) is 1.83. The lowest BCUT2D eigenvalue weighted by atomic mass is 10.2. The highest BCUT2D eigenvalue weighted by molar-refractivity contribution is 9.09. The van der Waals surface area contributed by atoms with Crippen molar-refractivity contribution in [2.24, 2.45) is 0 Å². The zero-order valence-corrected chi connectivity index (χ0v) is 14.3. The van der Waals surface area contributed by atoms with Crippen LogP contribution in [0, 0.1) is 0 Å². The van der Waals surface area contributed by atoms with E-state index in [0.29, 0.717) is 11.9 Å². The van der Waals surface area contributed by atoms with E-state index in [1.54, 1.807) is 4.31 Å². The first kappa shape index (κ1) is 18.4. The van der Waals surface area contributed by atoms with Crippen LogP contribution in [-0.2, 0) is 14.8 Å². The minimum absolute atomic E-state index is 0.0642. The normalized spacial score (nSPS) is 12.9. The van der Waals surface area contributed by atoms with Gasteiger partial charge in [0.15, 0.2) is 0 Å². The van der Waals surface area contributed by atoms with Crippen LogP contribution < -0.4 is 0 Å². The molecule has 0 aliphatic heterocycles. The highest BCUT2D eigenvalue weighted by Gasteiger charge is 2.27. The van der Waals surface area contributed by atoms with Crippen molar-refractivity contribution in [1.82, 2.24) is 4.31 Å². The van der Waals surface area contributed by atoms with E-state index in [2.05, 4.69) is 15.9 Å². The molecule has 0 radical (unpaired) electrons. The van der Waals surface area contributed by atoms with Gasteiger partial charge in [-0.05, 0) is 26.7 Å². The van der Waals surface area contributed by atoms with E-state index in [1.165, 1.54) is 0 Å². The highest BCUT2D eigenvalue weighted by Crippen LogP contribution is 2.15. The molecule has 0 rings (SSSR count). The summed E-state index contributed by atoms with van der Waals surface area (Å²) in [5.41, 5.74) is 0. The third kappa shape index (κ3) is 6.50. The van der Waals surface area contributed by atoms with Crippen LogP contribution >= 0.6 is 15.9 Å². The van der Waals surface area contributed by atoms with Gasteiger partial charge in [0.2, 0.25) is 10.0 Å². The molecule has 0 amide bonds. The molecule has 0 aliphatic rings. The van der Waals surface area contributed by atoms with Crippen LogP contribution in [0.5, 0.6) is 0 Å². The third-order valence-corrected chi connectivity index (χ3v) is 5.04. The topological polar surface area (TPSA) is 46.6 Å². The Hall–Kier alpha value is 0.350. The number of ether oxygens (including phenoxy) is 1.